The van der Waals surface area contributed by atoms with Gasteiger partial charge in [-0.2, -0.15) is 4.98 Å². The summed E-state index contributed by atoms with van der Waals surface area (Å²) in [6.45, 7) is 2.77. The van der Waals surface area contributed by atoms with E-state index in [1.165, 1.54) is 5.56 Å². The molecule has 0 N–H and O–H groups in total. The summed E-state index contributed by atoms with van der Waals surface area (Å²) in [6.07, 6.45) is 2.96. The monoisotopic (exact) mass is 391 g/mol. The van der Waals surface area contributed by atoms with E-state index in [1.54, 1.807) is 7.11 Å². The van der Waals surface area contributed by atoms with E-state index in [4.69, 9.17) is 9.26 Å². The predicted octanol–water partition coefficient (Wildman–Crippen LogP) is 4.35. The van der Waals surface area contributed by atoms with Gasteiger partial charge in [-0.1, -0.05) is 47.1 Å². The summed E-state index contributed by atoms with van der Waals surface area (Å²) in [6, 6.07) is 15.7. The molecule has 4 rings (SSSR count). The number of aromatic nitrogens is 2. The maximum absolute atomic E-state index is 12.9. The van der Waals surface area contributed by atoms with Crippen LogP contribution in [-0.4, -0.2) is 34.6 Å². The molecule has 1 aromatic heterocycles. The van der Waals surface area contributed by atoms with Gasteiger partial charge in [-0.3, -0.25) is 4.79 Å². The molecule has 3 aromatic rings. The first-order valence-corrected chi connectivity index (χ1v) is 9.97. The Labute approximate surface area is 170 Å². The van der Waals surface area contributed by atoms with Crippen LogP contribution in [0.15, 0.2) is 53.1 Å². The SMILES string of the molecule is COc1ccc(CCC(=O)N2CCCC2c2nc(-c3ccc(C)cc3)no2)cc1. The average molecular weight is 391 g/mol. The fourth-order valence-electron chi connectivity index (χ4n) is 3.70. The minimum atomic E-state index is -0.134. The number of amides is 1. The molecular formula is C23H25N3O3. The van der Waals surface area contributed by atoms with E-state index < -0.39 is 0 Å². The lowest BCUT2D eigenvalue weighted by atomic mass is 10.1. The Bertz CT molecular complexity index is 964. The Balaban J connectivity index is 1.41. The lowest BCUT2D eigenvalue weighted by molar-refractivity contribution is -0.132. The van der Waals surface area contributed by atoms with Crippen LogP contribution in [0.2, 0.25) is 0 Å². The highest BCUT2D eigenvalue weighted by atomic mass is 16.5. The Morgan fingerprint density at radius 2 is 1.93 bits per heavy atom. The molecule has 0 aliphatic carbocycles. The zero-order chi connectivity index (χ0) is 20.2. The van der Waals surface area contributed by atoms with Crippen LogP contribution in [0.1, 0.15) is 42.3 Å². The standard InChI is InChI=1S/C23H25N3O3/c1-16-5-10-18(11-6-16)22-24-23(29-25-22)20-4-3-15-26(20)21(27)14-9-17-7-12-19(28-2)13-8-17/h5-8,10-13,20H,3-4,9,14-15H2,1-2H3. The van der Waals surface area contributed by atoms with Crippen molar-refractivity contribution in [3.8, 4) is 17.1 Å². The number of ether oxygens (including phenoxy) is 1. The van der Waals surface area contributed by atoms with Crippen LogP contribution in [0.3, 0.4) is 0 Å². The number of rotatable bonds is 6. The van der Waals surface area contributed by atoms with Crippen molar-refractivity contribution >= 4 is 5.91 Å². The van der Waals surface area contributed by atoms with E-state index in [0.717, 1.165) is 36.3 Å². The van der Waals surface area contributed by atoms with Gasteiger partial charge < -0.3 is 14.2 Å². The third-order valence-electron chi connectivity index (χ3n) is 5.40. The second-order valence-corrected chi connectivity index (χ2v) is 7.42. The number of benzene rings is 2. The molecule has 29 heavy (non-hydrogen) atoms. The molecule has 1 unspecified atom stereocenters. The van der Waals surface area contributed by atoms with Crippen molar-refractivity contribution in [1.82, 2.24) is 15.0 Å². The van der Waals surface area contributed by atoms with Crippen molar-refractivity contribution in [2.75, 3.05) is 13.7 Å². The maximum atomic E-state index is 12.9. The summed E-state index contributed by atoms with van der Waals surface area (Å²) in [4.78, 5) is 19.3. The fourth-order valence-corrected chi connectivity index (χ4v) is 3.70. The average Bonchev–Trinajstić information content (AvgIpc) is 3.42. The first-order valence-electron chi connectivity index (χ1n) is 9.97. The van der Waals surface area contributed by atoms with Crippen LogP contribution in [0.5, 0.6) is 5.75 Å². The van der Waals surface area contributed by atoms with Gasteiger partial charge in [0.2, 0.25) is 17.6 Å². The van der Waals surface area contributed by atoms with Crippen molar-refractivity contribution < 1.29 is 14.1 Å². The third kappa shape index (κ3) is 4.31. The highest BCUT2D eigenvalue weighted by Crippen LogP contribution is 2.32. The predicted molar refractivity (Wildman–Crippen MR) is 109 cm³/mol. The van der Waals surface area contributed by atoms with Gasteiger partial charge in [-0.15, -0.1) is 0 Å². The smallest absolute Gasteiger partial charge is 0.249 e. The summed E-state index contributed by atoms with van der Waals surface area (Å²) in [5, 5.41) is 4.13. The molecule has 1 aliphatic rings. The van der Waals surface area contributed by atoms with Gasteiger partial charge in [0, 0.05) is 18.5 Å². The van der Waals surface area contributed by atoms with Crippen LogP contribution in [-0.2, 0) is 11.2 Å². The topological polar surface area (TPSA) is 68.5 Å². The number of hydrogen-bond acceptors (Lipinski definition) is 5. The van der Waals surface area contributed by atoms with E-state index in [9.17, 15) is 4.79 Å². The highest BCUT2D eigenvalue weighted by Gasteiger charge is 2.33. The van der Waals surface area contributed by atoms with Crippen LogP contribution >= 0.6 is 0 Å². The largest absolute Gasteiger partial charge is 0.497 e. The summed E-state index contributed by atoms with van der Waals surface area (Å²) in [7, 11) is 1.65. The summed E-state index contributed by atoms with van der Waals surface area (Å²) in [5.74, 6) is 2.03. The molecule has 6 heteroatoms. The fraction of sp³-hybridized carbons (Fsp3) is 0.348. The van der Waals surface area contributed by atoms with Crippen LogP contribution in [0, 0.1) is 6.92 Å². The second kappa shape index (κ2) is 8.47. The van der Waals surface area contributed by atoms with E-state index in [0.29, 0.717) is 24.6 Å². The number of carbonyl (C=O) groups excluding carboxylic acids is 1. The van der Waals surface area contributed by atoms with Crippen molar-refractivity contribution in [3.63, 3.8) is 0 Å². The summed E-state index contributed by atoms with van der Waals surface area (Å²) in [5.41, 5.74) is 3.22. The minimum Gasteiger partial charge on any atom is -0.497 e. The number of nitrogens with zero attached hydrogens (tertiary/aromatic N) is 3. The number of methoxy groups -OCH3 is 1. The molecule has 0 spiro atoms. The van der Waals surface area contributed by atoms with Crippen molar-refractivity contribution in [2.24, 2.45) is 0 Å². The number of aryl methyl sites for hydroxylation is 2. The van der Waals surface area contributed by atoms with Crippen LogP contribution < -0.4 is 4.74 Å². The van der Waals surface area contributed by atoms with Gasteiger partial charge >= 0.3 is 0 Å². The molecule has 1 fully saturated rings. The Morgan fingerprint density at radius 3 is 2.66 bits per heavy atom. The lowest BCUT2D eigenvalue weighted by Crippen LogP contribution is -2.30. The Hall–Kier alpha value is -3.15. The van der Waals surface area contributed by atoms with E-state index in [-0.39, 0.29) is 11.9 Å². The third-order valence-corrected chi connectivity index (χ3v) is 5.40. The van der Waals surface area contributed by atoms with Gasteiger partial charge in [0.25, 0.3) is 0 Å². The molecular weight excluding hydrogens is 366 g/mol. The molecule has 1 amide bonds. The number of carbonyl (C=O) groups is 1. The van der Waals surface area contributed by atoms with Gasteiger partial charge in [0.05, 0.1) is 7.11 Å². The van der Waals surface area contributed by atoms with Crippen molar-refractivity contribution in [1.29, 1.82) is 0 Å². The van der Waals surface area contributed by atoms with Gasteiger partial charge in [-0.05, 0) is 43.9 Å². The maximum Gasteiger partial charge on any atom is 0.249 e. The van der Waals surface area contributed by atoms with E-state index in [1.807, 2.05) is 60.4 Å². The molecule has 1 atom stereocenters. The lowest BCUT2D eigenvalue weighted by Gasteiger charge is -2.21. The zero-order valence-electron chi connectivity index (χ0n) is 16.8. The second-order valence-electron chi connectivity index (χ2n) is 7.42. The highest BCUT2D eigenvalue weighted by molar-refractivity contribution is 5.77. The molecule has 1 aliphatic heterocycles. The quantitative estimate of drug-likeness (QED) is 0.625. The normalized spacial score (nSPS) is 16.2. The van der Waals surface area contributed by atoms with Crippen LogP contribution in [0.4, 0.5) is 0 Å². The van der Waals surface area contributed by atoms with Gasteiger partial charge in [0.15, 0.2) is 0 Å². The van der Waals surface area contributed by atoms with E-state index >= 15 is 0 Å². The molecule has 2 aromatic carbocycles. The molecule has 1 saturated heterocycles. The Morgan fingerprint density at radius 1 is 1.17 bits per heavy atom. The molecule has 0 bridgehead atoms. The summed E-state index contributed by atoms with van der Waals surface area (Å²) >= 11 is 0. The van der Waals surface area contributed by atoms with Gasteiger partial charge in [-0.25, -0.2) is 0 Å². The van der Waals surface area contributed by atoms with Crippen LogP contribution in [0.25, 0.3) is 11.4 Å². The first-order chi connectivity index (χ1) is 14.1. The molecule has 6 nitrogen and oxygen atoms in total. The molecule has 0 radical (unpaired) electrons. The molecule has 0 saturated carbocycles. The molecule has 150 valence electrons. The minimum absolute atomic E-state index is 0.124. The van der Waals surface area contributed by atoms with Crippen molar-refractivity contribution in [3.05, 3.63) is 65.5 Å². The molecule has 2 heterocycles. The van der Waals surface area contributed by atoms with Gasteiger partial charge in [0.1, 0.15) is 11.8 Å². The Kier molecular flexibility index (Phi) is 5.60. The summed E-state index contributed by atoms with van der Waals surface area (Å²) < 4.78 is 10.7. The first kappa shape index (κ1) is 19.2. The zero-order valence-corrected chi connectivity index (χ0v) is 16.8. The number of likely N-dealkylation sites (tertiary alicyclic amines) is 1. The van der Waals surface area contributed by atoms with E-state index in [2.05, 4.69) is 10.1 Å². The van der Waals surface area contributed by atoms with Crippen molar-refractivity contribution in [2.45, 2.75) is 38.6 Å². The number of hydrogen-bond donors (Lipinski definition) is 0.